The Bertz CT molecular complexity index is 1250. The third-order valence-corrected chi connectivity index (χ3v) is 6.19. The Morgan fingerprint density at radius 3 is 2.88 bits per heavy atom. The van der Waals surface area contributed by atoms with Crippen molar-refractivity contribution in [2.24, 2.45) is 0 Å². The summed E-state index contributed by atoms with van der Waals surface area (Å²) in [6.45, 7) is 4.37. The van der Waals surface area contributed by atoms with E-state index >= 15 is 0 Å². The molecular weight excluding hydrogens is 460 g/mol. The van der Waals surface area contributed by atoms with Gasteiger partial charge in [-0.1, -0.05) is 11.8 Å². The van der Waals surface area contributed by atoms with Crippen molar-refractivity contribution in [2.45, 2.75) is 26.3 Å². The number of thioether (sulfide) groups is 1. The molecule has 0 atom stereocenters. The Labute approximate surface area is 199 Å². The Balaban J connectivity index is 1.48. The first kappa shape index (κ1) is 23.6. The van der Waals surface area contributed by atoms with Gasteiger partial charge in [-0.3, -0.25) is 4.79 Å². The van der Waals surface area contributed by atoms with Crippen molar-refractivity contribution in [3.63, 3.8) is 0 Å². The van der Waals surface area contributed by atoms with E-state index in [1.807, 2.05) is 13.8 Å². The van der Waals surface area contributed by atoms with E-state index in [0.29, 0.717) is 46.0 Å². The highest BCUT2D eigenvalue weighted by Gasteiger charge is 2.27. The first-order valence-electron chi connectivity index (χ1n) is 10.7. The average molecular weight is 485 g/mol. The molecule has 34 heavy (non-hydrogen) atoms. The third-order valence-electron chi connectivity index (χ3n) is 5.16. The van der Waals surface area contributed by atoms with Gasteiger partial charge in [-0.05, 0) is 38.5 Å². The second-order valence-electron chi connectivity index (χ2n) is 7.78. The molecule has 1 fully saturated rings. The van der Waals surface area contributed by atoms with Gasteiger partial charge in [0.05, 0.1) is 54.0 Å². The minimum Gasteiger partial charge on any atom is -0.466 e. The minimum atomic E-state index is -0.523. The molecule has 1 saturated heterocycles. The van der Waals surface area contributed by atoms with Crippen LogP contribution in [0.1, 0.15) is 36.7 Å². The highest BCUT2D eigenvalue weighted by atomic mass is 32.2. The van der Waals surface area contributed by atoms with Crippen molar-refractivity contribution < 1.29 is 28.3 Å². The second kappa shape index (κ2) is 10.1. The molecule has 1 aliphatic rings. The zero-order valence-electron chi connectivity index (χ0n) is 19.0. The molecule has 0 aliphatic carbocycles. The largest absolute Gasteiger partial charge is 0.466 e. The summed E-state index contributed by atoms with van der Waals surface area (Å²) in [6.07, 6.45) is 4.84. The lowest BCUT2D eigenvalue weighted by molar-refractivity contribution is -0.134. The third kappa shape index (κ3) is 4.84. The number of aromatic nitrogens is 3. The molecule has 3 aromatic rings. The predicted octanol–water partition coefficient (Wildman–Crippen LogP) is 3.41. The van der Waals surface area contributed by atoms with Crippen LogP contribution in [0.3, 0.4) is 0 Å². The molecule has 10 nitrogen and oxygen atoms in total. The molecule has 0 N–H and O–H groups in total. The summed E-state index contributed by atoms with van der Waals surface area (Å²) < 4.78 is 17.4. The van der Waals surface area contributed by atoms with Gasteiger partial charge < -0.3 is 18.8 Å². The van der Waals surface area contributed by atoms with Gasteiger partial charge in [0.25, 0.3) is 0 Å². The average Bonchev–Trinajstić information content (AvgIpc) is 3.57. The van der Waals surface area contributed by atoms with E-state index in [9.17, 15) is 14.4 Å². The van der Waals surface area contributed by atoms with Gasteiger partial charge in [-0.25, -0.2) is 19.3 Å². The Hall–Kier alpha value is -3.60. The maximum absolute atomic E-state index is 13.0. The topological polar surface area (TPSA) is 117 Å². The number of nitrogens with zero attached hydrogens (tertiary/aromatic N) is 4. The number of hydrogen-bond acceptors (Lipinski definition) is 9. The van der Waals surface area contributed by atoms with Gasteiger partial charge in [-0.15, -0.1) is 0 Å². The quantitative estimate of drug-likeness (QED) is 0.269. The highest BCUT2D eigenvalue weighted by Crippen LogP contribution is 2.29. The number of methoxy groups -OCH3 is 1. The van der Waals surface area contributed by atoms with Gasteiger partial charge in [0.2, 0.25) is 5.91 Å². The molecule has 4 heterocycles. The van der Waals surface area contributed by atoms with E-state index in [1.54, 1.807) is 35.3 Å². The maximum Gasteiger partial charge on any atom is 0.339 e. The number of ether oxygens (including phenoxy) is 2. The Kier molecular flexibility index (Phi) is 7.01. The fraction of sp³-hybridized carbons (Fsp3) is 0.348. The zero-order valence-corrected chi connectivity index (χ0v) is 19.8. The summed E-state index contributed by atoms with van der Waals surface area (Å²) in [7, 11) is 1.28. The van der Waals surface area contributed by atoms with Crippen LogP contribution in [-0.4, -0.2) is 63.5 Å². The fourth-order valence-electron chi connectivity index (χ4n) is 3.51. The molecule has 4 rings (SSSR count). The van der Waals surface area contributed by atoms with E-state index in [0.717, 1.165) is 0 Å². The molecule has 0 radical (unpaired) electrons. The van der Waals surface area contributed by atoms with Gasteiger partial charge in [-0.2, -0.15) is 5.10 Å². The van der Waals surface area contributed by atoms with Crippen LogP contribution >= 0.6 is 11.8 Å². The number of furan rings is 1. The van der Waals surface area contributed by atoms with Crippen LogP contribution in [-0.2, 0) is 19.1 Å². The van der Waals surface area contributed by atoms with E-state index < -0.39 is 11.9 Å². The second-order valence-corrected chi connectivity index (χ2v) is 8.78. The number of carbonyl (C=O) groups is 3. The van der Waals surface area contributed by atoms with Gasteiger partial charge in [0.15, 0.2) is 11.4 Å². The molecular formula is C23H24N4O6S. The lowest BCUT2D eigenvalue weighted by Crippen LogP contribution is -2.27. The van der Waals surface area contributed by atoms with Crippen molar-refractivity contribution >= 4 is 40.6 Å². The molecule has 178 valence electrons. The Morgan fingerprint density at radius 1 is 1.35 bits per heavy atom. The van der Waals surface area contributed by atoms with E-state index in [1.165, 1.54) is 29.8 Å². The number of hydrogen-bond donors (Lipinski definition) is 0. The Morgan fingerprint density at radius 2 is 2.18 bits per heavy atom. The SMILES string of the molecule is COC(=O)/C=C1/SCC(=O)N1CCCOC(=O)c1cc(-c2ccco2)nc2c1cnn2C(C)C. The zero-order chi connectivity index (χ0) is 24.2. The van der Waals surface area contributed by atoms with Crippen LogP contribution in [0.5, 0.6) is 0 Å². The minimum absolute atomic E-state index is 0.0452. The normalized spacial score (nSPS) is 15.0. The lowest BCUT2D eigenvalue weighted by Gasteiger charge is -2.16. The van der Waals surface area contributed by atoms with E-state index in [2.05, 4.69) is 14.8 Å². The summed E-state index contributed by atoms with van der Waals surface area (Å²) in [6, 6.07) is 5.20. The van der Waals surface area contributed by atoms with E-state index in [-0.39, 0.29) is 24.3 Å². The first-order chi connectivity index (χ1) is 16.4. The summed E-state index contributed by atoms with van der Waals surface area (Å²) in [5.41, 5.74) is 1.40. The van der Waals surface area contributed by atoms with Crippen LogP contribution in [0.15, 0.2) is 46.2 Å². The monoisotopic (exact) mass is 484 g/mol. The molecule has 0 aromatic carbocycles. The number of carbonyl (C=O) groups excluding carboxylic acids is 3. The summed E-state index contributed by atoms with van der Waals surface area (Å²) >= 11 is 1.27. The molecule has 3 aromatic heterocycles. The van der Waals surface area contributed by atoms with Crippen LogP contribution < -0.4 is 0 Å². The number of rotatable bonds is 8. The van der Waals surface area contributed by atoms with Gasteiger partial charge in [0, 0.05) is 12.6 Å². The van der Waals surface area contributed by atoms with Crippen molar-refractivity contribution in [2.75, 3.05) is 26.0 Å². The van der Waals surface area contributed by atoms with Crippen molar-refractivity contribution in [3.8, 4) is 11.5 Å². The summed E-state index contributed by atoms with van der Waals surface area (Å²) in [5.74, 6) is -0.359. The molecule has 1 aliphatic heterocycles. The number of esters is 2. The number of fused-ring (bicyclic) bond motifs is 1. The molecule has 11 heteroatoms. The predicted molar refractivity (Wildman–Crippen MR) is 125 cm³/mol. The molecule has 1 amide bonds. The van der Waals surface area contributed by atoms with Crippen molar-refractivity contribution in [1.29, 1.82) is 0 Å². The first-order valence-corrected chi connectivity index (χ1v) is 11.7. The highest BCUT2D eigenvalue weighted by molar-refractivity contribution is 8.04. The van der Waals surface area contributed by atoms with Crippen molar-refractivity contribution in [1.82, 2.24) is 19.7 Å². The summed E-state index contributed by atoms with van der Waals surface area (Å²) in [4.78, 5) is 42.8. The molecule has 0 unspecified atom stereocenters. The standard InChI is InChI=1S/C23H24N4O6S/c1-14(2)27-22-16(12-24-27)15(10-17(25-22)18-6-4-8-32-18)23(30)33-9-5-7-26-19(28)13-34-20(26)11-21(29)31-3/h4,6,8,10-12,14H,5,7,9,13H2,1-3H3/b20-11+. The maximum atomic E-state index is 13.0. The van der Waals surface area contributed by atoms with Gasteiger partial charge in [0.1, 0.15) is 5.69 Å². The van der Waals surface area contributed by atoms with Gasteiger partial charge >= 0.3 is 11.9 Å². The van der Waals surface area contributed by atoms with E-state index in [4.69, 9.17) is 9.15 Å². The van der Waals surface area contributed by atoms with Crippen LogP contribution in [0.25, 0.3) is 22.5 Å². The molecule has 0 bridgehead atoms. The fourth-order valence-corrected chi connectivity index (χ4v) is 4.46. The van der Waals surface area contributed by atoms with Crippen LogP contribution in [0.2, 0.25) is 0 Å². The number of pyridine rings is 1. The molecule has 0 saturated carbocycles. The van der Waals surface area contributed by atoms with Crippen molar-refractivity contribution in [3.05, 3.63) is 47.3 Å². The van der Waals surface area contributed by atoms with Crippen LogP contribution in [0, 0.1) is 0 Å². The van der Waals surface area contributed by atoms with Crippen LogP contribution in [0.4, 0.5) is 0 Å². The number of amides is 1. The smallest absolute Gasteiger partial charge is 0.339 e. The molecule has 0 spiro atoms. The summed E-state index contributed by atoms with van der Waals surface area (Å²) in [5, 5.41) is 5.50. The lowest BCUT2D eigenvalue weighted by atomic mass is 10.1.